The average Bonchev–Trinajstić information content (AvgIpc) is 3.13. The minimum atomic E-state index is -1.09. The lowest BCUT2D eigenvalue weighted by atomic mass is 10.2. The van der Waals surface area contributed by atoms with Crippen LogP contribution in [0.25, 0.3) is 16.9 Å². The van der Waals surface area contributed by atoms with E-state index in [1.165, 1.54) is 21.8 Å². The summed E-state index contributed by atoms with van der Waals surface area (Å²) >= 11 is 1.47. The summed E-state index contributed by atoms with van der Waals surface area (Å²) in [6.45, 7) is 1.95. The molecule has 6 nitrogen and oxygen atoms in total. The van der Waals surface area contributed by atoms with Gasteiger partial charge in [-0.3, -0.25) is 4.40 Å². The molecule has 0 amide bonds. The predicted octanol–water partition coefficient (Wildman–Crippen LogP) is 2.94. The van der Waals surface area contributed by atoms with Gasteiger partial charge in [0.15, 0.2) is 11.3 Å². The minimum Gasteiger partial charge on any atom is -0.478 e. The molecule has 0 saturated heterocycles. The van der Waals surface area contributed by atoms with Crippen molar-refractivity contribution in [1.29, 1.82) is 0 Å². The van der Waals surface area contributed by atoms with Crippen LogP contribution in [-0.4, -0.2) is 33.0 Å². The van der Waals surface area contributed by atoms with Crippen LogP contribution in [-0.2, 0) is 4.74 Å². The minimum absolute atomic E-state index is 0.0366. The maximum atomic E-state index is 12.3. The molecule has 0 atom stereocenters. The number of nitrogens with zero attached hydrogens (tertiary/aromatic N) is 2. The van der Waals surface area contributed by atoms with Crippen molar-refractivity contribution in [2.24, 2.45) is 0 Å². The van der Waals surface area contributed by atoms with E-state index in [9.17, 15) is 14.7 Å². The molecule has 112 valence electrons. The number of carboxylic acid groups (broad SMARTS) is 1. The Labute approximate surface area is 129 Å². The van der Waals surface area contributed by atoms with Crippen LogP contribution in [0, 0.1) is 0 Å². The smallest absolute Gasteiger partial charge is 0.357 e. The van der Waals surface area contributed by atoms with Crippen molar-refractivity contribution in [1.82, 2.24) is 9.38 Å². The fourth-order valence-electron chi connectivity index (χ4n) is 2.23. The zero-order valence-electron chi connectivity index (χ0n) is 11.6. The monoisotopic (exact) mass is 316 g/mol. The highest BCUT2D eigenvalue weighted by Crippen LogP contribution is 2.28. The van der Waals surface area contributed by atoms with Gasteiger partial charge in [0.25, 0.3) is 0 Å². The Hall–Kier alpha value is -2.67. The first kappa shape index (κ1) is 14.3. The third-order valence-electron chi connectivity index (χ3n) is 3.14. The number of carbonyl (C=O) groups excluding carboxylic acids is 1. The molecule has 1 N–H and O–H groups in total. The van der Waals surface area contributed by atoms with Gasteiger partial charge in [-0.05, 0) is 30.5 Å². The van der Waals surface area contributed by atoms with Crippen molar-refractivity contribution in [3.05, 3.63) is 46.4 Å². The van der Waals surface area contributed by atoms with Gasteiger partial charge in [0.05, 0.1) is 6.61 Å². The van der Waals surface area contributed by atoms with E-state index in [4.69, 9.17) is 4.74 Å². The number of hydrogen-bond acceptors (Lipinski definition) is 5. The summed E-state index contributed by atoms with van der Waals surface area (Å²) in [6, 6.07) is 4.85. The number of aromatic carboxylic acids is 1. The first-order valence-corrected chi connectivity index (χ1v) is 7.51. The van der Waals surface area contributed by atoms with Gasteiger partial charge in [-0.2, -0.15) is 11.3 Å². The summed E-state index contributed by atoms with van der Waals surface area (Å²) in [5.41, 5.74) is 1.67. The van der Waals surface area contributed by atoms with Crippen molar-refractivity contribution < 1.29 is 19.4 Å². The van der Waals surface area contributed by atoms with Crippen LogP contribution < -0.4 is 0 Å². The number of carbonyl (C=O) groups is 2. The normalized spacial score (nSPS) is 10.8. The van der Waals surface area contributed by atoms with E-state index in [1.54, 1.807) is 19.2 Å². The molecular weight excluding hydrogens is 304 g/mol. The second-order valence-electron chi connectivity index (χ2n) is 4.46. The maximum absolute atomic E-state index is 12.3. The molecule has 0 spiro atoms. The lowest BCUT2D eigenvalue weighted by molar-refractivity contribution is 0.0518. The van der Waals surface area contributed by atoms with E-state index in [0.29, 0.717) is 5.69 Å². The third-order valence-corrected chi connectivity index (χ3v) is 3.83. The molecule has 3 aromatic heterocycles. The van der Waals surface area contributed by atoms with Crippen molar-refractivity contribution in [2.75, 3.05) is 6.61 Å². The van der Waals surface area contributed by atoms with Gasteiger partial charge in [-0.25, -0.2) is 14.6 Å². The van der Waals surface area contributed by atoms with E-state index in [1.807, 2.05) is 16.8 Å². The van der Waals surface area contributed by atoms with Crippen molar-refractivity contribution in [3.63, 3.8) is 0 Å². The van der Waals surface area contributed by atoms with Crippen LogP contribution in [0.2, 0.25) is 0 Å². The first-order chi connectivity index (χ1) is 10.6. The molecule has 7 heteroatoms. The Kier molecular flexibility index (Phi) is 3.64. The van der Waals surface area contributed by atoms with E-state index < -0.39 is 11.9 Å². The second-order valence-corrected chi connectivity index (χ2v) is 5.24. The molecule has 0 fully saturated rings. The fraction of sp³-hybridized carbons (Fsp3) is 0.133. The van der Waals surface area contributed by atoms with Gasteiger partial charge in [0.2, 0.25) is 0 Å². The van der Waals surface area contributed by atoms with Gasteiger partial charge in [0, 0.05) is 17.1 Å². The molecular formula is C15H12N2O4S. The number of ether oxygens (including phenoxy) is 1. The highest BCUT2D eigenvalue weighted by Gasteiger charge is 2.24. The van der Waals surface area contributed by atoms with Crippen LogP contribution in [0.1, 0.15) is 27.8 Å². The average molecular weight is 316 g/mol. The molecule has 3 heterocycles. The number of fused-ring (bicyclic) bond motifs is 1. The largest absolute Gasteiger partial charge is 0.478 e. The lowest BCUT2D eigenvalue weighted by Gasteiger charge is -2.04. The number of hydrogen-bond donors (Lipinski definition) is 1. The van der Waals surface area contributed by atoms with Crippen molar-refractivity contribution in [3.8, 4) is 11.3 Å². The summed E-state index contributed by atoms with van der Waals surface area (Å²) in [4.78, 5) is 28.0. The van der Waals surface area contributed by atoms with Crippen molar-refractivity contribution >= 4 is 28.9 Å². The van der Waals surface area contributed by atoms with E-state index in [0.717, 1.165) is 5.56 Å². The topological polar surface area (TPSA) is 80.9 Å². The van der Waals surface area contributed by atoms with Crippen LogP contribution in [0.4, 0.5) is 0 Å². The Balaban J connectivity index is 2.33. The Morgan fingerprint density at radius 1 is 1.41 bits per heavy atom. The lowest BCUT2D eigenvalue weighted by Crippen LogP contribution is -2.10. The quantitative estimate of drug-likeness (QED) is 0.748. The number of thiophene rings is 1. The molecule has 3 rings (SSSR count). The molecule has 0 aromatic carbocycles. The van der Waals surface area contributed by atoms with Gasteiger partial charge in [-0.15, -0.1) is 0 Å². The third kappa shape index (κ3) is 2.25. The summed E-state index contributed by atoms with van der Waals surface area (Å²) in [6.07, 6.45) is 1.61. The first-order valence-electron chi connectivity index (χ1n) is 6.57. The number of esters is 1. The summed E-state index contributed by atoms with van der Waals surface area (Å²) in [7, 11) is 0. The van der Waals surface area contributed by atoms with Crippen LogP contribution in [0.15, 0.2) is 35.2 Å². The standard InChI is InChI=1S/C15H12N2O4S/c1-2-21-15(20)12-11(9-5-7-22-8-9)16-13-10(14(18)19)4-3-6-17(12)13/h3-8H,2H2,1H3,(H,18,19). The molecule has 0 saturated carbocycles. The van der Waals surface area contributed by atoms with Gasteiger partial charge in [0.1, 0.15) is 11.3 Å². The fourth-order valence-corrected chi connectivity index (χ4v) is 2.87. The zero-order valence-corrected chi connectivity index (χ0v) is 12.5. The molecule has 0 unspecified atom stereocenters. The summed E-state index contributed by atoms with van der Waals surface area (Å²) < 4.78 is 6.56. The number of pyridine rings is 1. The molecule has 0 aliphatic carbocycles. The maximum Gasteiger partial charge on any atom is 0.357 e. The van der Waals surface area contributed by atoms with Crippen LogP contribution >= 0.6 is 11.3 Å². The summed E-state index contributed by atoms with van der Waals surface area (Å²) in [5, 5.41) is 13.0. The number of rotatable bonds is 4. The van der Waals surface area contributed by atoms with E-state index >= 15 is 0 Å². The van der Waals surface area contributed by atoms with Gasteiger partial charge >= 0.3 is 11.9 Å². The number of imidazole rings is 1. The molecule has 3 aromatic rings. The van der Waals surface area contributed by atoms with E-state index in [-0.39, 0.29) is 23.5 Å². The highest BCUT2D eigenvalue weighted by molar-refractivity contribution is 7.08. The zero-order chi connectivity index (χ0) is 15.7. The molecule has 0 radical (unpaired) electrons. The van der Waals surface area contributed by atoms with Crippen LogP contribution in [0.5, 0.6) is 0 Å². The highest BCUT2D eigenvalue weighted by atomic mass is 32.1. The van der Waals surface area contributed by atoms with Gasteiger partial charge < -0.3 is 9.84 Å². The van der Waals surface area contributed by atoms with Crippen molar-refractivity contribution in [2.45, 2.75) is 6.92 Å². The number of aromatic nitrogens is 2. The Morgan fingerprint density at radius 3 is 2.86 bits per heavy atom. The number of carboxylic acids is 1. The Morgan fingerprint density at radius 2 is 2.23 bits per heavy atom. The van der Waals surface area contributed by atoms with E-state index in [2.05, 4.69) is 4.98 Å². The van der Waals surface area contributed by atoms with Gasteiger partial charge in [-0.1, -0.05) is 0 Å². The predicted molar refractivity (Wildman–Crippen MR) is 81.4 cm³/mol. The SMILES string of the molecule is CCOC(=O)c1c(-c2ccsc2)nc2c(C(=O)O)cccn12. The molecule has 22 heavy (non-hydrogen) atoms. The Bertz CT molecular complexity index is 852. The molecule has 0 bridgehead atoms. The summed E-state index contributed by atoms with van der Waals surface area (Å²) in [5.74, 6) is -1.62. The molecule has 0 aliphatic rings. The van der Waals surface area contributed by atoms with Crippen LogP contribution in [0.3, 0.4) is 0 Å². The molecule has 0 aliphatic heterocycles. The second kappa shape index (κ2) is 5.61.